The van der Waals surface area contributed by atoms with Gasteiger partial charge in [0.1, 0.15) is 18.5 Å². The fraction of sp³-hybridized carbons (Fsp3) is 0.364. The Morgan fingerprint density at radius 1 is 1.61 bits per heavy atom. The molecule has 7 heteroatoms. The Morgan fingerprint density at radius 3 is 2.94 bits per heavy atom. The third-order valence-corrected chi connectivity index (χ3v) is 2.64. The van der Waals surface area contributed by atoms with Crippen molar-refractivity contribution in [2.45, 2.75) is 19.1 Å². The van der Waals surface area contributed by atoms with Crippen LogP contribution < -0.4 is 10.5 Å². The minimum absolute atomic E-state index is 0.106. The van der Waals surface area contributed by atoms with E-state index >= 15 is 0 Å². The van der Waals surface area contributed by atoms with E-state index in [1.807, 2.05) is 0 Å². The second-order valence-corrected chi connectivity index (χ2v) is 3.87. The number of halogens is 2. The van der Waals surface area contributed by atoms with Gasteiger partial charge in [-0.3, -0.25) is 0 Å². The molecule has 0 bridgehead atoms. The molecule has 1 unspecified atom stereocenters. The van der Waals surface area contributed by atoms with Gasteiger partial charge in [0.15, 0.2) is 11.6 Å². The summed E-state index contributed by atoms with van der Waals surface area (Å²) in [4.78, 5) is 10.4. The fourth-order valence-electron chi connectivity index (χ4n) is 1.88. The zero-order valence-corrected chi connectivity index (χ0v) is 9.28. The van der Waals surface area contributed by atoms with Crippen LogP contribution in [-0.2, 0) is 17.8 Å². The highest BCUT2D eigenvalue weighted by Crippen LogP contribution is 2.35. The van der Waals surface area contributed by atoms with Crippen LogP contribution in [0.15, 0.2) is 6.07 Å². The number of benzene rings is 1. The molecule has 1 atom stereocenters. The Morgan fingerprint density at radius 2 is 2.33 bits per heavy atom. The SMILES string of the molecule is NC(=O)OCC1Cc2cc(F)c(F)c(CO)c2O1. The van der Waals surface area contributed by atoms with E-state index in [0.29, 0.717) is 5.56 Å². The van der Waals surface area contributed by atoms with Gasteiger partial charge in [-0.2, -0.15) is 0 Å². The highest BCUT2D eigenvalue weighted by molar-refractivity contribution is 5.64. The quantitative estimate of drug-likeness (QED) is 0.843. The Balaban J connectivity index is 2.21. The second-order valence-electron chi connectivity index (χ2n) is 3.87. The van der Waals surface area contributed by atoms with E-state index in [0.717, 1.165) is 6.07 Å². The predicted octanol–water partition coefficient (Wildman–Crippen LogP) is 0.856. The number of primary amides is 1. The van der Waals surface area contributed by atoms with Crippen molar-refractivity contribution >= 4 is 6.09 Å². The molecule has 0 aliphatic carbocycles. The van der Waals surface area contributed by atoms with Crippen LogP contribution in [-0.4, -0.2) is 23.9 Å². The zero-order valence-electron chi connectivity index (χ0n) is 9.28. The molecular formula is C11H11F2NO4. The number of nitrogens with two attached hydrogens (primary N) is 1. The van der Waals surface area contributed by atoms with Gasteiger partial charge >= 0.3 is 6.09 Å². The lowest BCUT2D eigenvalue weighted by atomic mass is 10.1. The van der Waals surface area contributed by atoms with Gasteiger partial charge in [0.05, 0.1) is 12.2 Å². The number of carbonyl (C=O) groups excluding carboxylic acids is 1. The maximum Gasteiger partial charge on any atom is 0.404 e. The van der Waals surface area contributed by atoms with E-state index in [9.17, 15) is 13.6 Å². The van der Waals surface area contributed by atoms with Crippen molar-refractivity contribution in [3.8, 4) is 5.75 Å². The fourth-order valence-corrected chi connectivity index (χ4v) is 1.88. The maximum atomic E-state index is 13.4. The number of amides is 1. The third-order valence-electron chi connectivity index (χ3n) is 2.64. The third kappa shape index (κ3) is 2.21. The summed E-state index contributed by atoms with van der Waals surface area (Å²) in [6, 6.07) is 1.01. The van der Waals surface area contributed by atoms with Gasteiger partial charge in [0.25, 0.3) is 0 Å². The minimum Gasteiger partial charge on any atom is -0.486 e. The largest absolute Gasteiger partial charge is 0.486 e. The smallest absolute Gasteiger partial charge is 0.404 e. The van der Waals surface area contributed by atoms with Crippen molar-refractivity contribution in [1.29, 1.82) is 0 Å². The molecule has 1 heterocycles. The molecule has 1 aromatic carbocycles. The highest BCUT2D eigenvalue weighted by Gasteiger charge is 2.29. The number of ether oxygens (including phenoxy) is 2. The molecule has 18 heavy (non-hydrogen) atoms. The molecule has 1 aliphatic rings. The molecule has 0 saturated carbocycles. The summed E-state index contributed by atoms with van der Waals surface area (Å²) in [7, 11) is 0. The molecule has 98 valence electrons. The minimum atomic E-state index is -1.13. The van der Waals surface area contributed by atoms with Crippen LogP contribution in [0, 0.1) is 11.6 Å². The Hall–Kier alpha value is -1.89. The molecule has 1 aromatic rings. The van der Waals surface area contributed by atoms with E-state index in [-0.39, 0.29) is 24.3 Å². The summed E-state index contributed by atoms with van der Waals surface area (Å²) in [6.07, 6.45) is -1.25. The monoisotopic (exact) mass is 259 g/mol. The molecule has 0 saturated heterocycles. The molecule has 1 aliphatic heterocycles. The van der Waals surface area contributed by atoms with Gasteiger partial charge in [-0.25, -0.2) is 13.6 Å². The number of aliphatic hydroxyl groups is 1. The average Bonchev–Trinajstić information content (AvgIpc) is 2.70. The zero-order chi connectivity index (χ0) is 13.3. The van der Waals surface area contributed by atoms with Crippen LogP contribution in [0.2, 0.25) is 0 Å². The van der Waals surface area contributed by atoms with Crippen LogP contribution in [0.3, 0.4) is 0 Å². The van der Waals surface area contributed by atoms with Crippen molar-refractivity contribution in [2.75, 3.05) is 6.61 Å². The molecule has 2 rings (SSSR count). The number of carbonyl (C=O) groups is 1. The van der Waals surface area contributed by atoms with E-state index in [4.69, 9.17) is 15.6 Å². The second kappa shape index (κ2) is 4.77. The topological polar surface area (TPSA) is 81.8 Å². The van der Waals surface area contributed by atoms with Crippen molar-refractivity contribution in [1.82, 2.24) is 0 Å². The van der Waals surface area contributed by atoms with Gasteiger partial charge in [-0.15, -0.1) is 0 Å². The molecule has 3 N–H and O–H groups in total. The first-order valence-electron chi connectivity index (χ1n) is 5.22. The molecule has 0 aromatic heterocycles. The van der Waals surface area contributed by atoms with Gasteiger partial charge in [0.2, 0.25) is 0 Å². The van der Waals surface area contributed by atoms with Gasteiger partial charge in [0, 0.05) is 12.0 Å². The Bertz CT molecular complexity index is 492. The summed E-state index contributed by atoms with van der Waals surface area (Å²) < 4.78 is 36.5. The summed E-state index contributed by atoms with van der Waals surface area (Å²) in [5.74, 6) is -2.07. The molecule has 1 amide bonds. The maximum absolute atomic E-state index is 13.4. The summed E-state index contributed by atoms with van der Waals surface area (Å²) in [6.45, 7) is -0.784. The Labute approximate surface area is 101 Å². The summed E-state index contributed by atoms with van der Waals surface area (Å²) in [5, 5.41) is 9.02. The molecule has 0 spiro atoms. The molecular weight excluding hydrogens is 248 g/mol. The van der Waals surface area contributed by atoms with E-state index in [1.165, 1.54) is 0 Å². The normalized spacial score (nSPS) is 17.2. The first-order chi connectivity index (χ1) is 8.52. The van der Waals surface area contributed by atoms with Crippen molar-refractivity contribution in [3.05, 3.63) is 28.8 Å². The van der Waals surface area contributed by atoms with Gasteiger partial charge in [-0.05, 0) is 6.07 Å². The van der Waals surface area contributed by atoms with Gasteiger partial charge in [-0.1, -0.05) is 0 Å². The summed E-state index contributed by atoms with van der Waals surface area (Å²) in [5.41, 5.74) is 5.00. The predicted molar refractivity (Wildman–Crippen MR) is 55.9 cm³/mol. The molecule has 5 nitrogen and oxygen atoms in total. The number of hydrogen-bond acceptors (Lipinski definition) is 4. The standard InChI is InChI=1S/C11H11F2NO4/c12-8-2-5-1-6(4-17-11(14)16)18-10(5)7(3-15)9(8)13/h2,6,15H,1,3-4H2,(H2,14,16). The van der Waals surface area contributed by atoms with Crippen LogP contribution in [0.5, 0.6) is 5.75 Å². The van der Waals surface area contributed by atoms with E-state index < -0.39 is 30.4 Å². The Kier molecular flexibility index (Phi) is 3.33. The van der Waals surface area contributed by atoms with Crippen LogP contribution in [0.1, 0.15) is 11.1 Å². The molecule has 0 radical (unpaired) electrons. The summed E-state index contributed by atoms with van der Waals surface area (Å²) >= 11 is 0. The van der Waals surface area contributed by atoms with Crippen molar-refractivity contribution in [2.24, 2.45) is 5.73 Å². The van der Waals surface area contributed by atoms with Crippen LogP contribution >= 0.6 is 0 Å². The number of fused-ring (bicyclic) bond motifs is 1. The number of rotatable bonds is 3. The first-order valence-corrected chi connectivity index (χ1v) is 5.22. The lowest BCUT2D eigenvalue weighted by Gasteiger charge is -2.11. The van der Waals surface area contributed by atoms with E-state index in [2.05, 4.69) is 4.74 Å². The van der Waals surface area contributed by atoms with Crippen LogP contribution in [0.25, 0.3) is 0 Å². The van der Waals surface area contributed by atoms with Gasteiger partial charge < -0.3 is 20.3 Å². The number of hydrogen-bond donors (Lipinski definition) is 2. The molecule has 0 fully saturated rings. The van der Waals surface area contributed by atoms with Crippen LogP contribution in [0.4, 0.5) is 13.6 Å². The van der Waals surface area contributed by atoms with Crippen molar-refractivity contribution < 1.29 is 28.2 Å². The van der Waals surface area contributed by atoms with E-state index in [1.54, 1.807) is 0 Å². The lowest BCUT2D eigenvalue weighted by molar-refractivity contribution is 0.0974. The number of aliphatic hydroxyl groups excluding tert-OH is 1. The highest BCUT2D eigenvalue weighted by atomic mass is 19.2. The first kappa shape index (κ1) is 12.6. The van der Waals surface area contributed by atoms with Crippen molar-refractivity contribution in [3.63, 3.8) is 0 Å². The average molecular weight is 259 g/mol. The lowest BCUT2D eigenvalue weighted by Crippen LogP contribution is -2.25.